The summed E-state index contributed by atoms with van der Waals surface area (Å²) in [4.78, 5) is 27.6. The van der Waals surface area contributed by atoms with E-state index in [0.717, 1.165) is 64.3 Å². The lowest BCUT2D eigenvalue weighted by molar-refractivity contribution is 0.0946. The Kier molecular flexibility index (Phi) is 4.28. The van der Waals surface area contributed by atoms with Crippen molar-refractivity contribution in [2.75, 3.05) is 26.0 Å². The number of amides is 1. The molecule has 1 aliphatic carbocycles. The summed E-state index contributed by atoms with van der Waals surface area (Å²) in [6, 6.07) is 9.02. The molecule has 3 aromatic rings. The number of anilines is 1. The van der Waals surface area contributed by atoms with Crippen molar-refractivity contribution in [3.05, 3.63) is 41.2 Å². The number of carbonyl (C=O) groups is 1. The van der Waals surface area contributed by atoms with Crippen LogP contribution in [0.15, 0.2) is 24.3 Å². The van der Waals surface area contributed by atoms with Crippen molar-refractivity contribution in [3.8, 4) is 11.3 Å². The quantitative estimate of drug-likeness (QED) is 0.638. The Labute approximate surface area is 169 Å². The minimum atomic E-state index is -0.0151. The first-order chi connectivity index (χ1) is 14.0. The molecule has 1 amide bonds. The van der Waals surface area contributed by atoms with Crippen LogP contribution in [-0.4, -0.2) is 58.5 Å². The monoisotopic (exact) mass is 390 g/mol. The van der Waals surface area contributed by atoms with Crippen LogP contribution in [0.2, 0.25) is 0 Å². The first-order valence-corrected chi connectivity index (χ1v) is 10.2. The molecule has 0 unspecified atom stereocenters. The third-order valence-corrected chi connectivity index (χ3v) is 6.15. The Hall–Kier alpha value is -2.93. The third kappa shape index (κ3) is 3.15. The second-order valence-electron chi connectivity index (χ2n) is 8.34. The molecule has 1 fully saturated rings. The zero-order chi connectivity index (χ0) is 20.1. The highest BCUT2D eigenvalue weighted by Gasteiger charge is 2.31. The Morgan fingerprint density at radius 3 is 2.76 bits per heavy atom. The molecule has 29 heavy (non-hydrogen) atoms. The van der Waals surface area contributed by atoms with Crippen LogP contribution in [-0.2, 0) is 6.42 Å². The predicted octanol–water partition coefficient (Wildman–Crippen LogP) is 2.72. The number of nitrogens with zero attached hydrogens (tertiary/aromatic N) is 3. The van der Waals surface area contributed by atoms with E-state index in [-0.39, 0.29) is 5.91 Å². The zero-order valence-corrected chi connectivity index (χ0v) is 17.0. The van der Waals surface area contributed by atoms with Crippen molar-refractivity contribution < 1.29 is 4.79 Å². The number of rotatable bonds is 4. The fourth-order valence-corrected chi connectivity index (χ4v) is 4.28. The van der Waals surface area contributed by atoms with E-state index in [9.17, 15) is 4.79 Å². The van der Waals surface area contributed by atoms with Crippen molar-refractivity contribution >= 4 is 22.8 Å². The molecule has 150 valence electrons. The molecule has 3 heterocycles. The molecule has 1 aromatic carbocycles. The van der Waals surface area contributed by atoms with Crippen LogP contribution in [0, 0.1) is 6.92 Å². The molecule has 0 spiro atoms. The van der Waals surface area contributed by atoms with Crippen molar-refractivity contribution in [3.63, 3.8) is 0 Å². The van der Waals surface area contributed by atoms with E-state index in [1.807, 2.05) is 31.2 Å². The molecule has 3 N–H and O–H groups in total. The molecule has 0 atom stereocenters. The Morgan fingerprint density at radius 1 is 1.17 bits per heavy atom. The van der Waals surface area contributed by atoms with Gasteiger partial charge in [-0.15, -0.1) is 0 Å². The van der Waals surface area contributed by atoms with E-state index in [1.165, 1.54) is 0 Å². The van der Waals surface area contributed by atoms with Gasteiger partial charge in [0.2, 0.25) is 0 Å². The number of aromatic amines is 1. The van der Waals surface area contributed by atoms with Gasteiger partial charge in [0.05, 0.1) is 16.8 Å². The minimum Gasteiger partial charge on any atom is -0.366 e. The van der Waals surface area contributed by atoms with E-state index in [2.05, 4.69) is 34.6 Å². The van der Waals surface area contributed by atoms with Gasteiger partial charge in [0.25, 0.3) is 5.91 Å². The van der Waals surface area contributed by atoms with Crippen molar-refractivity contribution in [1.82, 2.24) is 25.2 Å². The van der Waals surface area contributed by atoms with Crippen LogP contribution in [0.25, 0.3) is 22.3 Å². The van der Waals surface area contributed by atoms with Gasteiger partial charge in [-0.3, -0.25) is 4.79 Å². The average molecular weight is 390 g/mol. The van der Waals surface area contributed by atoms with Gasteiger partial charge >= 0.3 is 0 Å². The van der Waals surface area contributed by atoms with Gasteiger partial charge in [0.1, 0.15) is 11.3 Å². The lowest BCUT2D eigenvalue weighted by Crippen LogP contribution is -2.47. The molecule has 0 radical (unpaired) electrons. The Morgan fingerprint density at radius 2 is 2.00 bits per heavy atom. The van der Waals surface area contributed by atoms with E-state index in [4.69, 9.17) is 9.97 Å². The fourth-order valence-electron chi connectivity index (χ4n) is 4.28. The first kappa shape index (κ1) is 18.1. The minimum absolute atomic E-state index is 0.0151. The summed E-state index contributed by atoms with van der Waals surface area (Å²) in [5.41, 5.74) is 6.23. The maximum absolute atomic E-state index is 12.2. The van der Waals surface area contributed by atoms with Gasteiger partial charge in [-0.05, 0) is 46.0 Å². The second kappa shape index (κ2) is 6.84. The number of nitrogens with one attached hydrogen (secondary N) is 3. The SMILES string of the molecule is Cc1nc2cccc(-c3cc4c([nH]3)CCNC4=O)c2nc1NC1CC(N(C)C)C1. The van der Waals surface area contributed by atoms with Crippen LogP contribution in [0.1, 0.15) is 34.6 Å². The molecule has 5 rings (SSSR count). The van der Waals surface area contributed by atoms with Gasteiger partial charge in [-0.25, -0.2) is 9.97 Å². The zero-order valence-electron chi connectivity index (χ0n) is 17.0. The largest absolute Gasteiger partial charge is 0.366 e. The van der Waals surface area contributed by atoms with Gasteiger partial charge in [0.15, 0.2) is 0 Å². The molecule has 0 bridgehead atoms. The number of benzene rings is 1. The van der Waals surface area contributed by atoms with Gasteiger partial charge in [-0.2, -0.15) is 0 Å². The maximum Gasteiger partial charge on any atom is 0.253 e. The van der Waals surface area contributed by atoms with Crippen LogP contribution in [0.3, 0.4) is 0 Å². The number of carbonyl (C=O) groups excluding carboxylic acids is 1. The number of aryl methyl sites for hydroxylation is 1. The first-order valence-electron chi connectivity index (χ1n) is 10.2. The van der Waals surface area contributed by atoms with Crippen LogP contribution < -0.4 is 10.6 Å². The molecule has 1 saturated carbocycles. The average Bonchev–Trinajstić information content (AvgIpc) is 3.09. The fraction of sp³-hybridized carbons (Fsp3) is 0.409. The molecule has 7 heteroatoms. The van der Waals surface area contributed by atoms with Gasteiger partial charge in [0, 0.05) is 42.0 Å². The number of hydrogen-bond donors (Lipinski definition) is 3. The van der Waals surface area contributed by atoms with Crippen LogP contribution in [0.4, 0.5) is 5.82 Å². The molecular formula is C22H26N6O. The lowest BCUT2D eigenvalue weighted by Gasteiger charge is -2.40. The summed E-state index contributed by atoms with van der Waals surface area (Å²) in [6.45, 7) is 2.67. The third-order valence-electron chi connectivity index (χ3n) is 6.15. The Balaban J connectivity index is 1.51. The highest BCUT2D eigenvalue weighted by Crippen LogP contribution is 2.32. The highest BCUT2D eigenvalue weighted by atomic mass is 16.1. The van der Waals surface area contributed by atoms with E-state index < -0.39 is 0 Å². The lowest BCUT2D eigenvalue weighted by atomic mass is 9.86. The number of para-hydroxylation sites is 1. The van der Waals surface area contributed by atoms with E-state index in [0.29, 0.717) is 18.6 Å². The smallest absolute Gasteiger partial charge is 0.253 e. The summed E-state index contributed by atoms with van der Waals surface area (Å²) in [6.07, 6.45) is 3.05. The molecular weight excluding hydrogens is 364 g/mol. The summed E-state index contributed by atoms with van der Waals surface area (Å²) in [5.74, 6) is 0.833. The standard InChI is InChI=1S/C22H26N6O/c1-12-21(25-13-9-14(10-13)28(2)3)27-20-15(5-4-6-18(20)24-12)19-11-16-17(26-19)7-8-23-22(16)29/h4-6,11,13-14,26H,7-10H2,1-3H3,(H,23,29)(H,25,27). The van der Waals surface area contributed by atoms with Gasteiger partial charge < -0.3 is 20.5 Å². The Bertz CT molecular complexity index is 1100. The molecule has 7 nitrogen and oxygen atoms in total. The van der Waals surface area contributed by atoms with E-state index in [1.54, 1.807) is 0 Å². The van der Waals surface area contributed by atoms with Crippen LogP contribution >= 0.6 is 0 Å². The molecule has 1 aliphatic heterocycles. The van der Waals surface area contributed by atoms with Gasteiger partial charge in [-0.1, -0.05) is 12.1 Å². The highest BCUT2D eigenvalue weighted by molar-refractivity contribution is 5.99. The second-order valence-corrected chi connectivity index (χ2v) is 8.34. The number of fused-ring (bicyclic) bond motifs is 2. The number of aromatic nitrogens is 3. The molecule has 2 aromatic heterocycles. The van der Waals surface area contributed by atoms with Crippen molar-refractivity contribution in [2.24, 2.45) is 0 Å². The predicted molar refractivity (Wildman–Crippen MR) is 114 cm³/mol. The maximum atomic E-state index is 12.2. The normalized spacial score (nSPS) is 21.0. The van der Waals surface area contributed by atoms with Crippen molar-refractivity contribution in [1.29, 1.82) is 0 Å². The summed E-state index contributed by atoms with van der Waals surface area (Å²) >= 11 is 0. The molecule has 0 saturated heterocycles. The number of H-pyrrole nitrogens is 1. The van der Waals surface area contributed by atoms with Crippen molar-refractivity contribution in [2.45, 2.75) is 38.3 Å². The summed E-state index contributed by atoms with van der Waals surface area (Å²) < 4.78 is 0. The summed E-state index contributed by atoms with van der Waals surface area (Å²) in [7, 11) is 4.26. The topological polar surface area (TPSA) is 85.9 Å². The van der Waals surface area contributed by atoms with Crippen LogP contribution in [0.5, 0.6) is 0 Å². The van der Waals surface area contributed by atoms with E-state index >= 15 is 0 Å². The summed E-state index contributed by atoms with van der Waals surface area (Å²) in [5, 5.41) is 6.49. The molecule has 2 aliphatic rings. The number of hydrogen-bond acceptors (Lipinski definition) is 5.